The molecule has 0 aliphatic heterocycles. The van der Waals surface area contributed by atoms with Crippen LogP contribution in [0.4, 0.5) is 5.82 Å². The number of hydrogen-bond donors (Lipinski definition) is 3. The first-order valence-electron chi connectivity index (χ1n) is 11.8. The fourth-order valence-electron chi connectivity index (χ4n) is 3.68. The van der Waals surface area contributed by atoms with Gasteiger partial charge in [0.2, 0.25) is 7.44 Å². The number of nitrogens with one attached hydrogen (secondary N) is 1. The molecule has 2 heterocycles. The van der Waals surface area contributed by atoms with Crippen LogP contribution in [0.15, 0.2) is 36.9 Å². The Morgan fingerprint density at radius 3 is 2.50 bits per heavy atom. The van der Waals surface area contributed by atoms with Gasteiger partial charge in [0, 0.05) is 6.54 Å². The number of anilines is 1. The van der Waals surface area contributed by atoms with Gasteiger partial charge in [0.05, 0.1) is 19.0 Å². The summed E-state index contributed by atoms with van der Waals surface area (Å²) in [6.45, 7) is 9.80. The van der Waals surface area contributed by atoms with Gasteiger partial charge in [-0.1, -0.05) is 38.1 Å². The fourth-order valence-corrected chi connectivity index (χ4v) is 5.93. The van der Waals surface area contributed by atoms with Gasteiger partial charge >= 0.3 is 5.97 Å². The van der Waals surface area contributed by atoms with Crippen molar-refractivity contribution < 1.29 is 19.2 Å². The summed E-state index contributed by atoms with van der Waals surface area (Å²) in [7, 11) is -1.76. The summed E-state index contributed by atoms with van der Waals surface area (Å²) in [6.07, 6.45) is 2.42. The average molecular weight is 518 g/mol. The van der Waals surface area contributed by atoms with Crippen LogP contribution in [0.2, 0.25) is 0 Å². The number of aliphatic carboxylic acids is 1. The van der Waals surface area contributed by atoms with Crippen LogP contribution in [0.25, 0.3) is 11.2 Å². The van der Waals surface area contributed by atoms with Crippen LogP contribution in [0.3, 0.4) is 0 Å². The Morgan fingerprint density at radius 1 is 1.22 bits per heavy atom. The number of aromatic nitrogens is 4. The van der Waals surface area contributed by atoms with E-state index in [2.05, 4.69) is 46.0 Å². The quantitative estimate of drug-likeness (QED) is 0.304. The van der Waals surface area contributed by atoms with Crippen molar-refractivity contribution in [2.24, 2.45) is 0 Å². The molecule has 12 heteroatoms. The van der Waals surface area contributed by atoms with E-state index in [-0.39, 0.29) is 12.5 Å². The van der Waals surface area contributed by atoms with Crippen molar-refractivity contribution in [2.45, 2.75) is 65.3 Å². The van der Waals surface area contributed by atoms with Crippen molar-refractivity contribution in [3.05, 3.63) is 48.0 Å². The molecule has 0 bridgehead atoms. The smallest absolute Gasteiger partial charge is 0.323 e. The highest BCUT2D eigenvalue weighted by molar-refractivity contribution is 7.59. The maximum absolute atomic E-state index is 14.1. The number of carboxylic acid groups (broad SMARTS) is 1. The van der Waals surface area contributed by atoms with Crippen LogP contribution in [-0.2, 0) is 27.2 Å². The van der Waals surface area contributed by atoms with Crippen molar-refractivity contribution >= 4 is 30.4 Å². The van der Waals surface area contributed by atoms with Crippen LogP contribution in [-0.4, -0.2) is 60.3 Å². The maximum atomic E-state index is 14.1. The van der Waals surface area contributed by atoms with E-state index in [1.807, 2.05) is 19.1 Å². The molecule has 11 nitrogen and oxygen atoms in total. The van der Waals surface area contributed by atoms with E-state index in [4.69, 9.17) is 10.5 Å². The lowest BCUT2D eigenvalue weighted by Gasteiger charge is -2.35. The van der Waals surface area contributed by atoms with Gasteiger partial charge < -0.3 is 20.1 Å². The minimum Gasteiger partial charge on any atom is -0.480 e. The van der Waals surface area contributed by atoms with E-state index in [1.165, 1.54) is 25.7 Å². The maximum Gasteiger partial charge on any atom is 0.323 e. The van der Waals surface area contributed by atoms with Crippen molar-refractivity contribution in [1.29, 1.82) is 0 Å². The molecular formula is C24H36N7O4P. The number of rotatable bonds is 12. The molecule has 0 radical (unpaired) electrons. The summed E-state index contributed by atoms with van der Waals surface area (Å²) in [5, 5.41) is 12.5. The normalized spacial score (nSPS) is 14.9. The Kier molecular flexibility index (Phi) is 8.51. The summed E-state index contributed by atoms with van der Waals surface area (Å²) in [4.78, 5) is 24.2. The van der Waals surface area contributed by atoms with Gasteiger partial charge in [-0.2, -0.15) is 0 Å². The number of ether oxygens (including phenoxy) is 1. The molecule has 1 aromatic carbocycles. The van der Waals surface area contributed by atoms with Gasteiger partial charge in [-0.3, -0.25) is 9.36 Å². The molecule has 36 heavy (non-hydrogen) atoms. The number of hydrogen-bond acceptors (Lipinski definition) is 7. The van der Waals surface area contributed by atoms with Crippen molar-refractivity contribution in [3.8, 4) is 0 Å². The van der Waals surface area contributed by atoms with Gasteiger partial charge in [-0.25, -0.2) is 24.7 Å². The van der Waals surface area contributed by atoms with E-state index in [0.717, 1.165) is 5.56 Å². The number of imidazole rings is 1. The number of nitrogens with zero attached hydrogens (tertiary/aromatic N) is 5. The molecule has 0 unspecified atom stereocenters. The number of carboxylic acids is 1. The van der Waals surface area contributed by atoms with E-state index >= 15 is 0 Å². The van der Waals surface area contributed by atoms with Crippen molar-refractivity contribution in [3.63, 3.8) is 0 Å². The van der Waals surface area contributed by atoms with Gasteiger partial charge in [-0.15, -0.1) is 0 Å². The number of nitrogen functional groups attached to an aromatic ring is 1. The molecule has 196 valence electrons. The van der Waals surface area contributed by atoms with Crippen LogP contribution in [0.1, 0.15) is 51.7 Å². The third-order valence-corrected chi connectivity index (χ3v) is 8.67. The number of carbonyl (C=O) groups is 1. The van der Waals surface area contributed by atoms with E-state index in [1.54, 1.807) is 22.6 Å². The average Bonchev–Trinajstić information content (AvgIpc) is 3.21. The van der Waals surface area contributed by atoms with Crippen LogP contribution in [0, 0.1) is 0 Å². The summed E-state index contributed by atoms with van der Waals surface area (Å²) in [5.74, 6) is -0.404. The third-order valence-electron chi connectivity index (χ3n) is 6.02. The van der Waals surface area contributed by atoms with Crippen molar-refractivity contribution in [2.75, 3.05) is 19.1 Å². The Hall–Kier alpha value is -2.85. The SMILES string of the molecule is CC(C)c1ccc(CN(C)[P@@](=O)(CO[C@H](C)Cn2cnc3c(N)ncnc32)NC(C)(C)C(=O)O)cc1. The molecular weight excluding hydrogens is 481 g/mol. The second-order valence-corrected chi connectivity index (χ2v) is 12.5. The number of fused-ring (bicyclic) bond motifs is 1. The minimum atomic E-state index is -3.47. The highest BCUT2D eigenvalue weighted by Crippen LogP contribution is 2.47. The summed E-state index contributed by atoms with van der Waals surface area (Å²) >= 11 is 0. The summed E-state index contributed by atoms with van der Waals surface area (Å²) < 4.78 is 23.6. The molecule has 0 amide bonds. The molecule has 0 fully saturated rings. The lowest BCUT2D eigenvalue weighted by atomic mass is 10.0. The standard InChI is InChI=1S/C24H36N7O4P/c1-16(2)19-9-7-18(8-10-19)12-30(6)36(34,29-24(4,5)23(32)33)15-35-17(3)11-31-14-28-20-21(25)26-13-27-22(20)31/h7-10,13-14,16-17H,11-12,15H2,1-6H3,(H,29,34)(H,32,33)(H2,25,26,27)/t17-,36-/m1/s1. The highest BCUT2D eigenvalue weighted by atomic mass is 31.2. The van der Waals surface area contributed by atoms with Crippen molar-refractivity contribution in [1.82, 2.24) is 29.3 Å². The van der Waals surface area contributed by atoms with E-state index in [0.29, 0.717) is 36.0 Å². The van der Waals surface area contributed by atoms with Gasteiger partial charge in [0.25, 0.3) is 0 Å². The highest BCUT2D eigenvalue weighted by Gasteiger charge is 2.39. The second-order valence-electron chi connectivity index (χ2n) is 9.89. The molecule has 2 aromatic heterocycles. The number of nitrogens with two attached hydrogens (primary N) is 1. The second kappa shape index (κ2) is 11.0. The predicted molar refractivity (Wildman–Crippen MR) is 140 cm³/mol. The van der Waals surface area contributed by atoms with Gasteiger partial charge in [0.1, 0.15) is 23.7 Å². The topological polar surface area (TPSA) is 148 Å². The zero-order valence-corrected chi connectivity index (χ0v) is 22.6. The molecule has 0 aliphatic rings. The molecule has 0 saturated carbocycles. The number of benzene rings is 1. The lowest BCUT2D eigenvalue weighted by Crippen LogP contribution is -2.47. The molecule has 2 atom stereocenters. The molecule has 3 rings (SSSR count). The Balaban J connectivity index is 1.75. The van der Waals surface area contributed by atoms with E-state index < -0.39 is 19.0 Å². The first kappa shape index (κ1) is 27.7. The van der Waals surface area contributed by atoms with Crippen LogP contribution >= 0.6 is 7.44 Å². The van der Waals surface area contributed by atoms with Crippen LogP contribution in [0.5, 0.6) is 0 Å². The lowest BCUT2D eigenvalue weighted by molar-refractivity contribution is -0.142. The minimum absolute atomic E-state index is 0.185. The fraction of sp³-hybridized carbons (Fsp3) is 0.500. The Labute approximate surface area is 211 Å². The molecule has 0 aliphatic carbocycles. The largest absolute Gasteiger partial charge is 0.480 e. The monoisotopic (exact) mass is 517 g/mol. The zero-order chi connectivity index (χ0) is 26.7. The third kappa shape index (κ3) is 6.47. The Bertz CT molecular complexity index is 1240. The van der Waals surface area contributed by atoms with Gasteiger partial charge in [0.15, 0.2) is 11.5 Å². The van der Waals surface area contributed by atoms with Gasteiger partial charge in [-0.05, 0) is 44.9 Å². The zero-order valence-electron chi connectivity index (χ0n) is 21.7. The summed E-state index contributed by atoms with van der Waals surface area (Å²) in [6, 6.07) is 8.11. The molecule has 0 spiro atoms. The molecule has 3 aromatic rings. The Morgan fingerprint density at radius 2 is 1.89 bits per heavy atom. The predicted octanol–water partition coefficient (Wildman–Crippen LogP) is 3.67. The van der Waals surface area contributed by atoms with E-state index in [9.17, 15) is 14.5 Å². The molecule has 4 N–H and O–H groups in total. The van der Waals surface area contributed by atoms with Crippen LogP contribution < -0.4 is 10.8 Å². The first-order valence-corrected chi connectivity index (χ1v) is 13.6. The first-order chi connectivity index (χ1) is 16.8. The molecule has 0 saturated heterocycles. The summed E-state index contributed by atoms with van der Waals surface area (Å²) in [5.41, 5.74) is 7.70.